The van der Waals surface area contributed by atoms with E-state index in [-0.39, 0.29) is 0 Å². The molecule has 3 aromatic rings. The Morgan fingerprint density at radius 2 is 1.80 bits per heavy atom. The Bertz CT molecular complexity index is 1150. The van der Waals surface area contributed by atoms with Crippen molar-refractivity contribution in [2.75, 3.05) is 19.7 Å². The van der Waals surface area contributed by atoms with Gasteiger partial charge in [0.05, 0.1) is 6.20 Å². The number of amides is 1. The Hall–Kier alpha value is -2.49. The van der Waals surface area contributed by atoms with E-state index in [0.717, 1.165) is 46.8 Å². The lowest BCUT2D eigenvalue weighted by Gasteiger charge is -2.31. The second-order valence-corrected chi connectivity index (χ2v) is 16.8. The Labute approximate surface area is 216 Å². The van der Waals surface area contributed by atoms with Crippen molar-refractivity contribution in [1.29, 1.82) is 0 Å². The molecule has 0 bridgehead atoms. The van der Waals surface area contributed by atoms with E-state index in [2.05, 4.69) is 88.2 Å². The van der Waals surface area contributed by atoms with Crippen LogP contribution in [0.15, 0.2) is 53.1 Å². The van der Waals surface area contributed by atoms with Crippen LogP contribution in [0.5, 0.6) is 0 Å². The van der Waals surface area contributed by atoms with Crippen LogP contribution in [0.25, 0.3) is 22.4 Å². The number of likely N-dealkylation sites (tertiary alicyclic amines) is 1. The van der Waals surface area contributed by atoms with Crippen LogP contribution in [0, 0.1) is 0 Å². The lowest BCUT2D eigenvalue weighted by atomic mass is 9.84. The second-order valence-electron chi connectivity index (χ2n) is 10.3. The topological polar surface area (TPSA) is 80.5 Å². The van der Waals surface area contributed by atoms with Gasteiger partial charge in [-0.25, -0.2) is 4.79 Å². The molecule has 2 heterocycles. The first-order valence-corrected chi connectivity index (χ1v) is 16.6. The van der Waals surface area contributed by atoms with Crippen LogP contribution in [-0.2, 0) is 11.5 Å². The highest BCUT2D eigenvalue weighted by atomic mass is 79.9. The van der Waals surface area contributed by atoms with E-state index in [1.54, 1.807) is 11.0 Å². The van der Waals surface area contributed by atoms with Crippen molar-refractivity contribution in [1.82, 2.24) is 19.9 Å². The van der Waals surface area contributed by atoms with Crippen molar-refractivity contribution < 1.29 is 14.6 Å². The molecule has 0 atom stereocenters. The molecule has 35 heavy (non-hydrogen) atoms. The number of halogens is 1. The van der Waals surface area contributed by atoms with E-state index >= 15 is 0 Å². The van der Waals surface area contributed by atoms with E-state index in [1.807, 2.05) is 0 Å². The van der Waals surface area contributed by atoms with Crippen LogP contribution in [-0.4, -0.2) is 58.9 Å². The SMILES string of the molecule is C[Si](C)(C)CCOCn1ncc(-c2ccc(-c3ccc(Br)cc3C3CCN(C(=O)O)CC3)cc2)n1. The molecule has 1 aliphatic rings. The minimum Gasteiger partial charge on any atom is -0.465 e. The number of rotatable bonds is 8. The van der Waals surface area contributed by atoms with Crippen molar-refractivity contribution in [2.45, 2.75) is 51.2 Å². The number of aromatic nitrogens is 3. The van der Waals surface area contributed by atoms with Gasteiger partial charge in [-0.1, -0.05) is 65.9 Å². The molecule has 4 rings (SSSR count). The largest absolute Gasteiger partial charge is 0.465 e. The van der Waals surface area contributed by atoms with Crippen LogP contribution in [0.3, 0.4) is 0 Å². The number of ether oxygens (including phenoxy) is 1. The maximum Gasteiger partial charge on any atom is 0.407 e. The second kappa shape index (κ2) is 11.1. The molecule has 1 fully saturated rings. The molecule has 1 amide bonds. The predicted octanol–water partition coefficient (Wildman–Crippen LogP) is 6.54. The van der Waals surface area contributed by atoms with E-state index in [9.17, 15) is 9.90 Å². The van der Waals surface area contributed by atoms with Crippen molar-refractivity contribution in [3.63, 3.8) is 0 Å². The molecule has 9 heteroatoms. The van der Waals surface area contributed by atoms with Gasteiger partial charge in [0.15, 0.2) is 6.73 Å². The van der Waals surface area contributed by atoms with Crippen molar-refractivity contribution in [2.24, 2.45) is 0 Å². The lowest BCUT2D eigenvalue weighted by Crippen LogP contribution is -2.36. The van der Waals surface area contributed by atoms with E-state index < -0.39 is 14.2 Å². The van der Waals surface area contributed by atoms with Crippen molar-refractivity contribution in [3.8, 4) is 22.4 Å². The summed E-state index contributed by atoms with van der Waals surface area (Å²) in [6.45, 7) is 9.26. The van der Waals surface area contributed by atoms with Crippen molar-refractivity contribution in [3.05, 3.63) is 58.7 Å². The molecule has 7 nitrogen and oxygen atoms in total. The Morgan fingerprint density at radius 3 is 2.46 bits per heavy atom. The van der Waals surface area contributed by atoms with Crippen LogP contribution in [0.4, 0.5) is 4.79 Å². The Balaban J connectivity index is 1.45. The number of carbonyl (C=O) groups is 1. The number of carboxylic acid groups (broad SMARTS) is 1. The summed E-state index contributed by atoms with van der Waals surface area (Å²) < 4.78 is 6.79. The van der Waals surface area contributed by atoms with Gasteiger partial charge >= 0.3 is 6.09 Å². The standard InChI is InChI=1S/C26H33BrN4O3Si/c1-35(2,3)15-14-34-18-31-28-17-25(29-31)21-6-4-19(5-7-21)23-9-8-22(27)16-24(23)20-10-12-30(13-11-20)26(32)33/h4-9,16-17,20H,10-15,18H2,1-3H3,(H,32,33). The zero-order valence-electron chi connectivity index (χ0n) is 20.6. The van der Waals surface area contributed by atoms with E-state index in [1.165, 1.54) is 16.0 Å². The minimum absolute atomic E-state index is 0.332. The fraction of sp³-hybridized carbons (Fsp3) is 0.423. The summed E-state index contributed by atoms with van der Waals surface area (Å²) >= 11 is 3.62. The van der Waals surface area contributed by atoms with Gasteiger partial charge in [0, 0.05) is 37.8 Å². The molecule has 186 valence electrons. The molecular weight excluding hydrogens is 524 g/mol. The lowest BCUT2D eigenvalue weighted by molar-refractivity contribution is 0.0686. The smallest absolute Gasteiger partial charge is 0.407 e. The molecule has 0 saturated carbocycles. The number of hydrogen-bond acceptors (Lipinski definition) is 4. The molecule has 1 aliphatic heterocycles. The fourth-order valence-corrected chi connectivity index (χ4v) is 5.49. The fourth-order valence-electron chi connectivity index (χ4n) is 4.35. The summed E-state index contributed by atoms with van der Waals surface area (Å²) in [6, 6.07) is 15.9. The monoisotopic (exact) mass is 556 g/mol. The van der Waals surface area contributed by atoms with Gasteiger partial charge < -0.3 is 14.7 Å². The maximum absolute atomic E-state index is 11.3. The van der Waals surface area contributed by atoms with Crippen LogP contribution in [0.1, 0.15) is 24.3 Å². The molecule has 1 N–H and O–H groups in total. The summed E-state index contributed by atoms with van der Waals surface area (Å²) in [5.41, 5.74) is 5.42. The minimum atomic E-state index is -1.11. The third-order valence-electron chi connectivity index (χ3n) is 6.45. The summed E-state index contributed by atoms with van der Waals surface area (Å²) in [7, 11) is -1.11. The third kappa shape index (κ3) is 6.80. The average Bonchev–Trinajstić information content (AvgIpc) is 3.30. The molecule has 0 unspecified atom stereocenters. The van der Waals surface area contributed by atoms with Crippen molar-refractivity contribution >= 4 is 30.1 Å². The van der Waals surface area contributed by atoms with Crippen LogP contribution < -0.4 is 0 Å². The highest BCUT2D eigenvalue weighted by molar-refractivity contribution is 9.10. The maximum atomic E-state index is 11.3. The van der Waals surface area contributed by atoms with Gasteiger partial charge in [-0.2, -0.15) is 15.0 Å². The van der Waals surface area contributed by atoms with Gasteiger partial charge in [-0.15, -0.1) is 0 Å². The van der Waals surface area contributed by atoms with Gasteiger partial charge in [-0.3, -0.25) is 0 Å². The summed E-state index contributed by atoms with van der Waals surface area (Å²) in [5.74, 6) is 0.332. The number of hydrogen-bond donors (Lipinski definition) is 1. The number of benzene rings is 2. The van der Waals surface area contributed by atoms with Crippen LogP contribution >= 0.6 is 15.9 Å². The summed E-state index contributed by atoms with van der Waals surface area (Å²) in [6.07, 6.45) is 2.61. The first-order chi connectivity index (χ1) is 16.7. The molecule has 1 aromatic heterocycles. The van der Waals surface area contributed by atoms with E-state index in [4.69, 9.17) is 4.74 Å². The molecule has 1 saturated heterocycles. The highest BCUT2D eigenvalue weighted by Gasteiger charge is 2.25. The van der Waals surface area contributed by atoms with Gasteiger partial charge in [0.2, 0.25) is 0 Å². The Morgan fingerprint density at radius 1 is 1.11 bits per heavy atom. The van der Waals surface area contributed by atoms with Gasteiger partial charge in [0.1, 0.15) is 5.69 Å². The predicted molar refractivity (Wildman–Crippen MR) is 144 cm³/mol. The molecule has 0 spiro atoms. The highest BCUT2D eigenvalue weighted by Crippen LogP contribution is 2.37. The average molecular weight is 558 g/mol. The normalized spacial score (nSPS) is 14.9. The first-order valence-electron chi connectivity index (χ1n) is 12.1. The number of nitrogens with zero attached hydrogens (tertiary/aromatic N) is 4. The Kier molecular flexibility index (Phi) is 8.08. The van der Waals surface area contributed by atoms with Gasteiger partial charge in [-0.05, 0) is 53.6 Å². The zero-order valence-corrected chi connectivity index (χ0v) is 23.2. The first kappa shape index (κ1) is 25.6. The molecule has 2 aromatic carbocycles. The quantitative estimate of drug-likeness (QED) is 0.251. The summed E-state index contributed by atoms with van der Waals surface area (Å²) in [5, 5.41) is 18.2. The van der Waals surface area contributed by atoms with E-state index in [0.29, 0.717) is 25.7 Å². The molecule has 0 aliphatic carbocycles. The third-order valence-corrected chi connectivity index (χ3v) is 8.65. The van der Waals surface area contributed by atoms with Crippen LogP contribution in [0.2, 0.25) is 25.7 Å². The zero-order chi connectivity index (χ0) is 25.0. The molecular formula is C26H33BrN4O3Si. The number of piperidine rings is 1. The van der Waals surface area contributed by atoms with Gasteiger partial charge in [0.25, 0.3) is 0 Å². The molecule has 0 radical (unpaired) electrons. The summed E-state index contributed by atoms with van der Waals surface area (Å²) in [4.78, 5) is 14.4.